The largest absolute Gasteiger partial charge is 0.465 e. The van der Waals surface area contributed by atoms with Gasteiger partial charge in [0.1, 0.15) is 17.5 Å². The molecule has 0 aliphatic rings. The molecule has 7 heteroatoms. The Bertz CT molecular complexity index is 747. The molecule has 2 aromatic carbocycles. The maximum absolute atomic E-state index is 13.5. The van der Waals surface area contributed by atoms with Crippen molar-refractivity contribution < 1.29 is 27.5 Å². The van der Waals surface area contributed by atoms with Gasteiger partial charge in [-0.05, 0) is 30.3 Å². The Morgan fingerprint density at radius 3 is 2.32 bits per heavy atom. The van der Waals surface area contributed by atoms with Gasteiger partial charge in [0.15, 0.2) is 0 Å². The van der Waals surface area contributed by atoms with Gasteiger partial charge in [-0.15, -0.1) is 0 Å². The van der Waals surface area contributed by atoms with Gasteiger partial charge in [-0.3, -0.25) is 4.79 Å². The number of esters is 1. The lowest BCUT2D eigenvalue weighted by atomic mass is 10.1. The maximum atomic E-state index is 13.5. The van der Waals surface area contributed by atoms with Crippen LogP contribution < -0.4 is 5.32 Å². The van der Waals surface area contributed by atoms with Crippen LogP contribution in [0.15, 0.2) is 36.4 Å². The number of ether oxygens (including phenoxy) is 1. The first kappa shape index (κ1) is 15.6. The van der Waals surface area contributed by atoms with Gasteiger partial charge in [0.25, 0.3) is 5.91 Å². The third kappa shape index (κ3) is 3.25. The molecule has 0 aromatic heterocycles. The molecule has 1 N–H and O–H groups in total. The molecule has 0 bridgehead atoms. The Balaban J connectivity index is 2.27. The fourth-order valence-corrected chi connectivity index (χ4v) is 1.74. The zero-order chi connectivity index (χ0) is 16.3. The smallest absolute Gasteiger partial charge is 0.340 e. The van der Waals surface area contributed by atoms with Crippen molar-refractivity contribution in [2.24, 2.45) is 0 Å². The van der Waals surface area contributed by atoms with Gasteiger partial charge >= 0.3 is 5.97 Å². The summed E-state index contributed by atoms with van der Waals surface area (Å²) in [7, 11) is 1.08. The lowest BCUT2D eigenvalue weighted by molar-refractivity contribution is 0.0595. The monoisotopic (exact) mass is 309 g/mol. The Morgan fingerprint density at radius 1 is 0.955 bits per heavy atom. The average Bonchev–Trinajstić information content (AvgIpc) is 2.48. The molecule has 0 radical (unpaired) electrons. The van der Waals surface area contributed by atoms with Crippen LogP contribution >= 0.6 is 0 Å². The fraction of sp³-hybridized carbons (Fsp3) is 0.0667. The standard InChI is InChI=1S/C15H10F3NO3/c1-22-15(21)11-7-9(3-5-12(11)17)19-14(20)10-4-2-8(16)6-13(10)18/h2-7H,1H3,(H,19,20). The molecule has 0 heterocycles. The maximum Gasteiger partial charge on any atom is 0.340 e. The zero-order valence-electron chi connectivity index (χ0n) is 11.3. The SMILES string of the molecule is COC(=O)c1cc(NC(=O)c2ccc(F)cc2F)ccc1F. The molecule has 4 nitrogen and oxygen atoms in total. The Labute approximate surface area is 123 Å². The number of nitrogens with one attached hydrogen (secondary N) is 1. The quantitative estimate of drug-likeness (QED) is 0.886. The lowest BCUT2D eigenvalue weighted by Gasteiger charge is -2.08. The van der Waals surface area contributed by atoms with Gasteiger partial charge in [-0.2, -0.15) is 0 Å². The second-order valence-corrected chi connectivity index (χ2v) is 4.26. The number of halogens is 3. The van der Waals surface area contributed by atoms with Crippen LogP contribution in [0.4, 0.5) is 18.9 Å². The molecular formula is C15H10F3NO3. The van der Waals surface area contributed by atoms with Gasteiger partial charge in [0, 0.05) is 11.8 Å². The van der Waals surface area contributed by atoms with Crippen LogP contribution in [0.25, 0.3) is 0 Å². The summed E-state index contributed by atoms with van der Waals surface area (Å²) in [6.07, 6.45) is 0. The van der Waals surface area contributed by atoms with E-state index in [4.69, 9.17) is 0 Å². The van der Waals surface area contributed by atoms with Crippen molar-refractivity contribution in [1.29, 1.82) is 0 Å². The van der Waals surface area contributed by atoms with Gasteiger partial charge < -0.3 is 10.1 Å². The van der Waals surface area contributed by atoms with Crippen molar-refractivity contribution in [3.63, 3.8) is 0 Å². The summed E-state index contributed by atoms with van der Waals surface area (Å²) in [5.41, 5.74) is -0.694. The molecule has 0 aliphatic carbocycles. The van der Waals surface area contributed by atoms with E-state index >= 15 is 0 Å². The molecule has 0 aliphatic heterocycles. The van der Waals surface area contributed by atoms with E-state index in [0.717, 1.165) is 31.4 Å². The summed E-state index contributed by atoms with van der Waals surface area (Å²) in [5, 5.41) is 2.29. The molecule has 114 valence electrons. The summed E-state index contributed by atoms with van der Waals surface area (Å²) in [6, 6.07) is 5.69. The molecule has 0 spiro atoms. The number of hydrogen-bond acceptors (Lipinski definition) is 3. The predicted octanol–water partition coefficient (Wildman–Crippen LogP) is 3.14. The van der Waals surface area contributed by atoms with E-state index in [1.54, 1.807) is 0 Å². The minimum atomic E-state index is -1.03. The molecule has 1 amide bonds. The second kappa shape index (κ2) is 6.30. The van der Waals surface area contributed by atoms with Crippen molar-refractivity contribution in [2.45, 2.75) is 0 Å². The summed E-state index contributed by atoms with van der Waals surface area (Å²) >= 11 is 0. The van der Waals surface area contributed by atoms with Crippen LogP contribution in [0, 0.1) is 17.5 Å². The molecule has 0 saturated heterocycles. The summed E-state index contributed by atoms with van der Waals surface area (Å²) < 4.78 is 44.2. The second-order valence-electron chi connectivity index (χ2n) is 4.26. The third-order valence-electron chi connectivity index (χ3n) is 2.81. The Kier molecular flexibility index (Phi) is 4.45. The molecular weight excluding hydrogens is 299 g/mol. The van der Waals surface area contributed by atoms with Crippen LogP contribution in [0.5, 0.6) is 0 Å². The number of hydrogen-bond donors (Lipinski definition) is 1. The number of carbonyl (C=O) groups excluding carboxylic acids is 2. The van der Waals surface area contributed by atoms with E-state index in [-0.39, 0.29) is 16.8 Å². The van der Waals surface area contributed by atoms with Crippen LogP contribution in [0.1, 0.15) is 20.7 Å². The van der Waals surface area contributed by atoms with Gasteiger partial charge in [0.2, 0.25) is 0 Å². The van der Waals surface area contributed by atoms with Crippen molar-refractivity contribution >= 4 is 17.6 Å². The molecule has 0 atom stereocenters. The molecule has 0 unspecified atom stereocenters. The highest BCUT2D eigenvalue weighted by molar-refractivity contribution is 6.05. The van der Waals surface area contributed by atoms with E-state index in [1.807, 2.05) is 0 Å². The molecule has 22 heavy (non-hydrogen) atoms. The summed E-state index contributed by atoms with van der Waals surface area (Å²) in [6.45, 7) is 0. The summed E-state index contributed by atoms with van der Waals surface area (Å²) in [4.78, 5) is 23.3. The van der Waals surface area contributed by atoms with Crippen LogP contribution in [-0.2, 0) is 4.74 Å². The van der Waals surface area contributed by atoms with E-state index in [1.165, 1.54) is 6.07 Å². The number of carbonyl (C=O) groups is 2. The molecule has 2 rings (SSSR count). The van der Waals surface area contributed by atoms with Crippen molar-refractivity contribution in [1.82, 2.24) is 0 Å². The van der Waals surface area contributed by atoms with E-state index in [2.05, 4.69) is 10.1 Å². The first-order valence-electron chi connectivity index (χ1n) is 6.06. The van der Waals surface area contributed by atoms with Crippen LogP contribution in [0.2, 0.25) is 0 Å². The highest BCUT2D eigenvalue weighted by atomic mass is 19.1. The minimum Gasteiger partial charge on any atom is -0.465 e. The van der Waals surface area contributed by atoms with Crippen LogP contribution in [0.3, 0.4) is 0 Å². The highest BCUT2D eigenvalue weighted by Gasteiger charge is 2.16. The molecule has 0 fully saturated rings. The number of benzene rings is 2. The zero-order valence-corrected chi connectivity index (χ0v) is 11.3. The number of methoxy groups -OCH3 is 1. The first-order chi connectivity index (χ1) is 10.4. The Hall–Kier alpha value is -2.83. The highest BCUT2D eigenvalue weighted by Crippen LogP contribution is 2.18. The predicted molar refractivity (Wildman–Crippen MR) is 72.1 cm³/mol. The normalized spacial score (nSPS) is 10.2. The van der Waals surface area contributed by atoms with Crippen LogP contribution in [-0.4, -0.2) is 19.0 Å². The van der Waals surface area contributed by atoms with E-state index in [0.29, 0.717) is 6.07 Å². The van der Waals surface area contributed by atoms with Gasteiger partial charge in [-0.1, -0.05) is 0 Å². The summed E-state index contributed by atoms with van der Waals surface area (Å²) in [5.74, 6) is -4.45. The lowest BCUT2D eigenvalue weighted by Crippen LogP contribution is -2.15. The van der Waals surface area contributed by atoms with E-state index in [9.17, 15) is 22.8 Å². The minimum absolute atomic E-state index is 0.0653. The van der Waals surface area contributed by atoms with Crippen molar-refractivity contribution in [2.75, 3.05) is 12.4 Å². The fourth-order valence-electron chi connectivity index (χ4n) is 1.74. The van der Waals surface area contributed by atoms with E-state index < -0.39 is 29.3 Å². The van der Waals surface area contributed by atoms with Gasteiger partial charge in [-0.25, -0.2) is 18.0 Å². The number of rotatable bonds is 3. The number of amides is 1. The first-order valence-corrected chi connectivity index (χ1v) is 6.06. The average molecular weight is 309 g/mol. The number of anilines is 1. The van der Waals surface area contributed by atoms with Crippen molar-refractivity contribution in [3.05, 3.63) is 65.0 Å². The third-order valence-corrected chi connectivity index (χ3v) is 2.81. The van der Waals surface area contributed by atoms with Crippen molar-refractivity contribution in [3.8, 4) is 0 Å². The Morgan fingerprint density at radius 2 is 1.68 bits per heavy atom. The topological polar surface area (TPSA) is 55.4 Å². The van der Waals surface area contributed by atoms with Gasteiger partial charge in [0.05, 0.1) is 18.2 Å². The molecule has 2 aromatic rings. The molecule has 0 saturated carbocycles.